The number of ether oxygens (including phenoxy) is 3. The zero-order chi connectivity index (χ0) is 17.8. The lowest BCUT2D eigenvalue weighted by Crippen LogP contribution is -2.17. The molecule has 6 heteroatoms. The van der Waals surface area contributed by atoms with Crippen LogP contribution in [0.15, 0.2) is 36.4 Å². The molecular weight excluding hydrogens is 322 g/mol. The molecule has 1 amide bonds. The average Bonchev–Trinajstić information content (AvgIpc) is 2.62. The molecule has 0 atom stereocenters. The minimum absolute atomic E-state index is 0.179. The number of benzene rings is 2. The molecule has 0 saturated carbocycles. The van der Waals surface area contributed by atoms with Crippen molar-refractivity contribution in [3.63, 3.8) is 0 Å². The molecule has 6 nitrogen and oxygen atoms in total. The van der Waals surface area contributed by atoms with Gasteiger partial charge in [-0.25, -0.2) is 4.79 Å². The fraction of sp³-hybridized carbons (Fsp3) is 0.263. The monoisotopic (exact) mass is 341 g/mol. The maximum absolute atomic E-state index is 12.4. The van der Waals surface area contributed by atoms with Crippen molar-refractivity contribution in [3.05, 3.63) is 53.1 Å². The van der Waals surface area contributed by atoms with Crippen molar-refractivity contribution in [2.45, 2.75) is 13.3 Å². The molecule has 0 spiro atoms. The van der Waals surface area contributed by atoms with E-state index in [-0.39, 0.29) is 12.3 Å². The molecule has 2 aromatic carbocycles. The number of aryl methyl sites for hydroxylation is 1. The van der Waals surface area contributed by atoms with E-state index in [9.17, 15) is 9.59 Å². The van der Waals surface area contributed by atoms with E-state index in [1.165, 1.54) is 7.11 Å². The lowest BCUT2D eigenvalue weighted by atomic mass is 10.1. The Balaban J connectivity index is 1.71. The Morgan fingerprint density at radius 1 is 1.08 bits per heavy atom. The lowest BCUT2D eigenvalue weighted by molar-refractivity contribution is -0.115. The Bertz CT molecular complexity index is 815. The topological polar surface area (TPSA) is 73.9 Å². The van der Waals surface area contributed by atoms with E-state index in [2.05, 4.69) is 5.32 Å². The molecule has 0 aliphatic carbocycles. The number of hydrogen-bond donors (Lipinski definition) is 1. The molecular formula is C19H19NO5. The van der Waals surface area contributed by atoms with E-state index in [0.717, 1.165) is 11.1 Å². The molecule has 0 fully saturated rings. The summed E-state index contributed by atoms with van der Waals surface area (Å²) < 4.78 is 15.7. The normalized spacial score (nSPS) is 12.4. The van der Waals surface area contributed by atoms with Gasteiger partial charge < -0.3 is 19.5 Å². The summed E-state index contributed by atoms with van der Waals surface area (Å²) in [6.07, 6.45) is 0.193. The van der Waals surface area contributed by atoms with Crippen molar-refractivity contribution < 1.29 is 23.8 Å². The number of amides is 1. The van der Waals surface area contributed by atoms with Crippen molar-refractivity contribution in [2.24, 2.45) is 0 Å². The largest absolute Gasteiger partial charge is 0.486 e. The van der Waals surface area contributed by atoms with Crippen molar-refractivity contribution in [1.82, 2.24) is 0 Å². The highest BCUT2D eigenvalue weighted by atomic mass is 16.6. The summed E-state index contributed by atoms with van der Waals surface area (Å²) >= 11 is 0. The van der Waals surface area contributed by atoms with Crippen LogP contribution in [-0.4, -0.2) is 32.2 Å². The highest BCUT2D eigenvalue weighted by Crippen LogP contribution is 2.31. The van der Waals surface area contributed by atoms with Crippen LogP contribution in [-0.2, 0) is 16.0 Å². The van der Waals surface area contributed by atoms with Gasteiger partial charge in [-0.15, -0.1) is 0 Å². The number of methoxy groups -OCH3 is 1. The van der Waals surface area contributed by atoms with Crippen LogP contribution in [0, 0.1) is 6.92 Å². The lowest BCUT2D eigenvalue weighted by Gasteiger charge is -2.18. The van der Waals surface area contributed by atoms with Crippen LogP contribution in [0.25, 0.3) is 0 Å². The highest BCUT2D eigenvalue weighted by molar-refractivity contribution is 5.96. The van der Waals surface area contributed by atoms with Gasteiger partial charge in [-0.3, -0.25) is 4.79 Å². The van der Waals surface area contributed by atoms with Gasteiger partial charge in [0.2, 0.25) is 5.91 Å². The Hall–Kier alpha value is -3.02. The van der Waals surface area contributed by atoms with Gasteiger partial charge in [0.25, 0.3) is 0 Å². The second-order valence-electron chi connectivity index (χ2n) is 5.72. The van der Waals surface area contributed by atoms with Gasteiger partial charge >= 0.3 is 5.97 Å². The molecule has 1 N–H and O–H groups in total. The Kier molecular flexibility index (Phi) is 4.88. The molecule has 1 aliphatic rings. The van der Waals surface area contributed by atoms with Gasteiger partial charge in [-0.1, -0.05) is 12.1 Å². The van der Waals surface area contributed by atoms with Crippen LogP contribution in [0.1, 0.15) is 21.5 Å². The Morgan fingerprint density at radius 2 is 1.84 bits per heavy atom. The third-order valence-corrected chi connectivity index (χ3v) is 3.90. The summed E-state index contributed by atoms with van der Waals surface area (Å²) in [6, 6.07) is 10.5. The van der Waals surface area contributed by atoms with Gasteiger partial charge in [-0.2, -0.15) is 0 Å². The van der Waals surface area contributed by atoms with Crippen molar-refractivity contribution >= 4 is 17.6 Å². The van der Waals surface area contributed by atoms with Gasteiger partial charge in [0.15, 0.2) is 11.5 Å². The van der Waals surface area contributed by atoms with E-state index in [1.54, 1.807) is 24.3 Å². The molecule has 0 bridgehead atoms. The fourth-order valence-electron chi connectivity index (χ4n) is 2.58. The van der Waals surface area contributed by atoms with E-state index in [4.69, 9.17) is 14.2 Å². The Labute approximate surface area is 145 Å². The predicted octanol–water partition coefficient (Wildman–Crippen LogP) is 2.73. The number of nitrogens with one attached hydrogen (secondary N) is 1. The number of hydrogen-bond acceptors (Lipinski definition) is 5. The van der Waals surface area contributed by atoms with Crippen molar-refractivity contribution in [1.29, 1.82) is 0 Å². The van der Waals surface area contributed by atoms with Gasteiger partial charge in [-0.05, 0) is 42.3 Å². The average molecular weight is 341 g/mol. The predicted molar refractivity (Wildman–Crippen MR) is 92.3 cm³/mol. The molecule has 3 rings (SSSR count). The first kappa shape index (κ1) is 16.8. The van der Waals surface area contributed by atoms with Gasteiger partial charge in [0.05, 0.1) is 19.1 Å². The molecule has 0 saturated heterocycles. The Morgan fingerprint density at radius 3 is 2.60 bits per heavy atom. The standard InChI is InChI=1S/C19H19NO5/c1-12-3-5-14(19(22)23-2)11-15(12)20-18(21)10-13-4-6-16-17(9-13)25-8-7-24-16/h3-6,9,11H,7-8,10H2,1-2H3,(H,20,21). The smallest absolute Gasteiger partial charge is 0.337 e. The summed E-state index contributed by atoms with van der Waals surface area (Å²) in [4.78, 5) is 24.0. The maximum atomic E-state index is 12.4. The molecule has 1 aliphatic heterocycles. The van der Waals surface area contributed by atoms with Crippen LogP contribution in [0.3, 0.4) is 0 Å². The zero-order valence-electron chi connectivity index (χ0n) is 14.1. The quantitative estimate of drug-likeness (QED) is 0.866. The number of carbonyl (C=O) groups excluding carboxylic acids is 2. The van der Waals surface area contributed by atoms with Crippen LogP contribution < -0.4 is 14.8 Å². The van der Waals surface area contributed by atoms with E-state index >= 15 is 0 Å². The first-order chi connectivity index (χ1) is 12.1. The third kappa shape index (κ3) is 3.91. The molecule has 25 heavy (non-hydrogen) atoms. The number of fused-ring (bicyclic) bond motifs is 1. The zero-order valence-corrected chi connectivity index (χ0v) is 14.1. The van der Waals surface area contributed by atoms with Crippen LogP contribution in [0.2, 0.25) is 0 Å². The summed E-state index contributed by atoms with van der Waals surface area (Å²) in [5, 5.41) is 2.84. The third-order valence-electron chi connectivity index (χ3n) is 3.90. The van der Waals surface area contributed by atoms with Crippen LogP contribution in [0.5, 0.6) is 11.5 Å². The van der Waals surface area contributed by atoms with Crippen molar-refractivity contribution in [2.75, 3.05) is 25.6 Å². The molecule has 1 heterocycles. The molecule has 130 valence electrons. The molecule has 0 unspecified atom stereocenters. The van der Waals surface area contributed by atoms with Crippen molar-refractivity contribution in [3.8, 4) is 11.5 Å². The minimum Gasteiger partial charge on any atom is -0.486 e. The van der Waals surface area contributed by atoms with Gasteiger partial charge in [0.1, 0.15) is 13.2 Å². The number of rotatable bonds is 4. The highest BCUT2D eigenvalue weighted by Gasteiger charge is 2.14. The van der Waals surface area contributed by atoms with E-state index in [0.29, 0.717) is 36.0 Å². The fourth-order valence-corrected chi connectivity index (χ4v) is 2.58. The number of carbonyl (C=O) groups is 2. The first-order valence-corrected chi connectivity index (χ1v) is 7.94. The molecule has 2 aromatic rings. The van der Waals surface area contributed by atoms with E-state index in [1.807, 2.05) is 19.1 Å². The SMILES string of the molecule is COC(=O)c1ccc(C)c(NC(=O)Cc2ccc3c(c2)OCCO3)c1. The first-order valence-electron chi connectivity index (χ1n) is 7.94. The van der Waals surface area contributed by atoms with Crippen LogP contribution in [0.4, 0.5) is 5.69 Å². The minimum atomic E-state index is -0.442. The molecule has 0 aromatic heterocycles. The summed E-state index contributed by atoms with van der Waals surface area (Å²) in [5.74, 6) is 0.724. The summed E-state index contributed by atoms with van der Waals surface area (Å²) in [7, 11) is 1.32. The summed E-state index contributed by atoms with van der Waals surface area (Å²) in [5.41, 5.74) is 2.67. The van der Waals surface area contributed by atoms with Crippen LogP contribution >= 0.6 is 0 Å². The van der Waals surface area contributed by atoms with E-state index < -0.39 is 5.97 Å². The summed E-state index contributed by atoms with van der Waals surface area (Å²) in [6.45, 7) is 2.89. The molecule has 0 radical (unpaired) electrons. The number of esters is 1. The second-order valence-corrected chi connectivity index (χ2v) is 5.72. The maximum Gasteiger partial charge on any atom is 0.337 e. The van der Waals surface area contributed by atoms with Gasteiger partial charge in [0, 0.05) is 5.69 Å². The number of anilines is 1. The second kappa shape index (κ2) is 7.25.